The number of hydrogen-bond acceptors (Lipinski definition) is 6. The molecule has 2 atom stereocenters. The standard InChI is InChI=1S/C18H21N3O5S/c1-9-6-14-17(18(23)19-9)13(7-15(22)26-14)16-10(2)20-21(11(16)3)12-4-5-27(24,25)8-12/h6,12-13H,4-5,7-8H2,1-3H3,(H,19,23)/t12-,13-/m1/s1. The van der Waals surface area contributed by atoms with Crippen molar-refractivity contribution in [2.24, 2.45) is 0 Å². The Morgan fingerprint density at radius 1 is 1.22 bits per heavy atom. The zero-order chi connectivity index (χ0) is 19.5. The molecule has 9 heteroatoms. The van der Waals surface area contributed by atoms with Crippen molar-refractivity contribution in [3.05, 3.63) is 44.6 Å². The molecule has 0 radical (unpaired) electrons. The third kappa shape index (κ3) is 2.99. The summed E-state index contributed by atoms with van der Waals surface area (Å²) in [5.74, 6) is -0.349. The molecule has 1 N–H and O–H groups in total. The first kappa shape index (κ1) is 18.0. The van der Waals surface area contributed by atoms with Gasteiger partial charge in [0.05, 0.1) is 35.2 Å². The molecule has 144 valence electrons. The van der Waals surface area contributed by atoms with Crippen LogP contribution in [0.3, 0.4) is 0 Å². The molecule has 0 bridgehead atoms. The Hall–Kier alpha value is -2.42. The van der Waals surface area contributed by atoms with E-state index < -0.39 is 21.7 Å². The molecule has 1 saturated heterocycles. The number of rotatable bonds is 2. The summed E-state index contributed by atoms with van der Waals surface area (Å²) in [4.78, 5) is 27.5. The van der Waals surface area contributed by atoms with Crippen molar-refractivity contribution in [1.29, 1.82) is 0 Å². The van der Waals surface area contributed by atoms with Gasteiger partial charge in [0.25, 0.3) is 5.56 Å². The van der Waals surface area contributed by atoms with Crippen LogP contribution in [0.2, 0.25) is 0 Å². The van der Waals surface area contributed by atoms with E-state index in [0.717, 1.165) is 11.3 Å². The van der Waals surface area contributed by atoms with Crippen molar-refractivity contribution in [2.45, 2.75) is 45.6 Å². The van der Waals surface area contributed by atoms with Crippen molar-refractivity contribution in [2.75, 3.05) is 11.5 Å². The van der Waals surface area contributed by atoms with E-state index in [1.165, 1.54) is 0 Å². The highest BCUT2D eigenvalue weighted by molar-refractivity contribution is 7.91. The lowest BCUT2D eigenvalue weighted by molar-refractivity contribution is -0.135. The number of ether oxygens (including phenoxy) is 1. The van der Waals surface area contributed by atoms with Crippen LogP contribution in [-0.2, 0) is 14.6 Å². The van der Waals surface area contributed by atoms with Gasteiger partial charge in [0.1, 0.15) is 5.75 Å². The van der Waals surface area contributed by atoms with Crippen molar-refractivity contribution >= 4 is 15.8 Å². The number of carbonyl (C=O) groups is 1. The number of nitrogens with zero attached hydrogens (tertiary/aromatic N) is 2. The van der Waals surface area contributed by atoms with Gasteiger partial charge in [0.2, 0.25) is 0 Å². The average Bonchev–Trinajstić information content (AvgIpc) is 3.04. The van der Waals surface area contributed by atoms with E-state index in [9.17, 15) is 18.0 Å². The summed E-state index contributed by atoms with van der Waals surface area (Å²) in [7, 11) is -3.05. The molecule has 0 aromatic carbocycles. The minimum Gasteiger partial charge on any atom is -0.426 e. The Morgan fingerprint density at radius 3 is 2.63 bits per heavy atom. The number of fused-ring (bicyclic) bond motifs is 1. The molecule has 0 unspecified atom stereocenters. The quantitative estimate of drug-likeness (QED) is 0.773. The molecule has 0 aliphatic carbocycles. The lowest BCUT2D eigenvalue weighted by Gasteiger charge is -2.24. The summed E-state index contributed by atoms with van der Waals surface area (Å²) in [6.45, 7) is 5.42. The fourth-order valence-corrected chi connectivity index (χ4v) is 5.96. The molecule has 0 amide bonds. The van der Waals surface area contributed by atoms with E-state index in [-0.39, 0.29) is 35.3 Å². The molecule has 8 nitrogen and oxygen atoms in total. The monoisotopic (exact) mass is 391 g/mol. The van der Waals surface area contributed by atoms with Crippen molar-refractivity contribution in [3.63, 3.8) is 0 Å². The van der Waals surface area contributed by atoms with Gasteiger partial charge >= 0.3 is 5.97 Å². The molecule has 27 heavy (non-hydrogen) atoms. The number of hydrogen-bond donors (Lipinski definition) is 1. The van der Waals surface area contributed by atoms with Gasteiger partial charge in [-0.15, -0.1) is 0 Å². The first-order valence-electron chi connectivity index (χ1n) is 8.87. The van der Waals surface area contributed by atoms with E-state index in [1.54, 1.807) is 17.7 Å². The lowest BCUT2D eigenvalue weighted by Crippen LogP contribution is -2.29. The molecular formula is C18H21N3O5S. The summed E-state index contributed by atoms with van der Waals surface area (Å²) >= 11 is 0. The number of H-pyrrole nitrogens is 1. The van der Waals surface area contributed by atoms with Crippen molar-refractivity contribution in [3.8, 4) is 5.75 Å². The molecule has 4 heterocycles. The van der Waals surface area contributed by atoms with E-state index in [1.807, 2.05) is 13.8 Å². The fraction of sp³-hybridized carbons (Fsp3) is 0.500. The predicted octanol–water partition coefficient (Wildman–Crippen LogP) is 1.30. The highest BCUT2D eigenvalue weighted by Crippen LogP contribution is 2.40. The highest BCUT2D eigenvalue weighted by atomic mass is 32.2. The van der Waals surface area contributed by atoms with E-state index >= 15 is 0 Å². The summed E-state index contributed by atoms with van der Waals surface area (Å²) in [5.41, 5.74) is 3.05. The van der Waals surface area contributed by atoms with E-state index in [2.05, 4.69) is 10.1 Å². The molecule has 0 spiro atoms. The number of aromatic amines is 1. The second-order valence-electron chi connectivity index (χ2n) is 7.38. The Kier molecular flexibility index (Phi) is 4.03. The summed E-state index contributed by atoms with van der Waals surface area (Å²) < 4.78 is 30.7. The van der Waals surface area contributed by atoms with Gasteiger partial charge in [-0.25, -0.2) is 8.42 Å². The Bertz CT molecular complexity index is 1110. The maximum absolute atomic E-state index is 12.6. The van der Waals surface area contributed by atoms with Crippen LogP contribution in [0, 0.1) is 20.8 Å². The number of sulfone groups is 1. The molecule has 2 aliphatic rings. The van der Waals surface area contributed by atoms with Gasteiger partial charge < -0.3 is 9.72 Å². The maximum atomic E-state index is 12.6. The van der Waals surface area contributed by atoms with Gasteiger partial charge in [0.15, 0.2) is 9.84 Å². The fourth-order valence-electron chi connectivity index (χ4n) is 4.27. The molecule has 2 aromatic rings. The SMILES string of the molecule is Cc1cc2c(c(=O)[nH]1)[C@@H](c1c(C)nn([C@@H]3CCS(=O)(=O)C3)c1C)CC(=O)O2. The maximum Gasteiger partial charge on any atom is 0.312 e. The van der Waals surface area contributed by atoms with Crippen molar-refractivity contribution in [1.82, 2.24) is 14.8 Å². The van der Waals surface area contributed by atoms with Crippen LogP contribution in [0.25, 0.3) is 0 Å². The number of pyridine rings is 1. The van der Waals surface area contributed by atoms with E-state index in [0.29, 0.717) is 23.4 Å². The highest BCUT2D eigenvalue weighted by Gasteiger charge is 2.37. The number of nitrogens with one attached hydrogen (secondary N) is 1. The Labute approximate surface area is 156 Å². The van der Waals surface area contributed by atoms with Crippen LogP contribution in [0.4, 0.5) is 0 Å². The first-order chi connectivity index (χ1) is 12.7. The lowest BCUT2D eigenvalue weighted by atomic mass is 9.85. The number of esters is 1. The van der Waals surface area contributed by atoms with Gasteiger partial charge in [-0.3, -0.25) is 14.3 Å². The van der Waals surface area contributed by atoms with Gasteiger partial charge in [0, 0.05) is 28.9 Å². The first-order valence-corrected chi connectivity index (χ1v) is 10.7. The third-order valence-electron chi connectivity index (χ3n) is 5.40. The van der Waals surface area contributed by atoms with Crippen LogP contribution in [0.1, 0.15) is 53.0 Å². The van der Waals surface area contributed by atoms with Gasteiger partial charge in [-0.1, -0.05) is 0 Å². The van der Waals surface area contributed by atoms with Gasteiger partial charge in [-0.05, 0) is 27.2 Å². The molecule has 2 aromatic heterocycles. The summed E-state index contributed by atoms with van der Waals surface area (Å²) in [5, 5.41) is 4.57. The zero-order valence-corrected chi connectivity index (χ0v) is 16.2. The second-order valence-corrected chi connectivity index (χ2v) is 9.60. The van der Waals surface area contributed by atoms with Crippen LogP contribution in [0.15, 0.2) is 10.9 Å². The molecule has 1 fully saturated rings. The summed E-state index contributed by atoms with van der Waals surface area (Å²) in [6.07, 6.45) is 0.572. The largest absolute Gasteiger partial charge is 0.426 e. The molecule has 4 rings (SSSR count). The normalized spacial score (nSPS) is 23.9. The molecule has 2 aliphatic heterocycles. The third-order valence-corrected chi connectivity index (χ3v) is 7.15. The van der Waals surface area contributed by atoms with Crippen LogP contribution >= 0.6 is 0 Å². The van der Waals surface area contributed by atoms with E-state index in [4.69, 9.17) is 4.74 Å². The molecular weight excluding hydrogens is 370 g/mol. The van der Waals surface area contributed by atoms with Crippen LogP contribution in [0.5, 0.6) is 5.75 Å². The Balaban J connectivity index is 1.84. The topological polar surface area (TPSA) is 111 Å². The van der Waals surface area contributed by atoms with Gasteiger partial charge in [-0.2, -0.15) is 5.10 Å². The van der Waals surface area contributed by atoms with Crippen LogP contribution < -0.4 is 10.3 Å². The molecule has 0 saturated carbocycles. The Morgan fingerprint density at radius 2 is 1.96 bits per heavy atom. The number of aryl methyl sites for hydroxylation is 2. The zero-order valence-electron chi connectivity index (χ0n) is 15.4. The number of carbonyl (C=O) groups excluding carboxylic acids is 1. The second kappa shape index (κ2) is 6.05. The minimum atomic E-state index is -3.05. The van der Waals surface area contributed by atoms with Crippen LogP contribution in [-0.4, -0.2) is 40.7 Å². The smallest absolute Gasteiger partial charge is 0.312 e. The summed E-state index contributed by atoms with van der Waals surface area (Å²) in [6, 6.07) is 1.44. The van der Waals surface area contributed by atoms with Crippen molar-refractivity contribution < 1.29 is 17.9 Å². The number of aromatic nitrogens is 3. The minimum absolute atomic E-state index is 0.0511. The average molecular weight is 391 g/mol. The predicted molar refractivity (Wildman–Crippen MR) is 97.9 cm³/mol.